The number of carbonyl (C=O) groups is 2. The molecule has 2 amide bonds. The Balaban J connectivity index is 0.000000176. The van der Waals surface area contributed by atoms with Gasteiger partial charge < -0.3 is 20.4 Å². The number of urea groups is 1. The summed E-state index contributed by atoms with van der Waals surface area (Å²) in [4.78, 5) is 31.6. The molecule has 1 saturated heterocycles. The van der Waals surface area contributed by atoms with Crippen molar-refractivity contribution < 1.29 is 14.3 Å². The number of esters is 1. The van der Waals surface area contributed by atoms with Crippen molar-refractivity contribution in [2.75, 3.05) is 19.7 Å². The van der Waals surface area contributed by atoms with Gasteiger partial charge in [0.1, 0.15) is 0 Å². The third-order valence-electron chi connectivity index (χ3n) is 5.37. The Morgan fingerprint density at radius 2 is 2.03 bits per heavy atom. The molecule has 0 unspecified atom stereocenters. The van der Waals surface area contributed by atoms with Crippen molar-refractivity contribution in [3.05, 3.63) is 52.1 Å². The van der Waals surface area contributed by atoms with Gasteiger partial charge in [-0.05, 0) is 44.7 Å². The largest absolute Gasteiger partial charge is 0.466 e. The Morgan fingerprint density at radius 1 is 1.29 bits per heavy atom. The summed E-state index contributed by atoms with van der Waals surface area (Å²) in [6, 6.07) is 7.79. The molecule has 1 aliphatic heterocycles. The molecule has 4 rings (SSSR count). The number of likely N-dealkylation sites (tertiary alicyclic amines) is 1. The second-order valence-corrected chi connectivity index (χ2v) is 8.48. The number of ether oxygens (including phenoxy) is 1. The fourth-order valence-corrected chi connectivity index (χ4v) is 4.68. The lowest BCUT2D eigenvalue weighted by Gasteiger charge is -2.29. The van der Waals surface area contributed by atoms with Crippen molar-refractivity contribution in [3.63, 3.8) is 0 Å². The van der Waals surface area contributed by atoms with Crippen molar-refractivity contribution in [2.45, 2.75) is 45.4 Å². The first-order valence-electron chi connectivity index (χ1n) is 10.6. The Morgan fingerprint density at radius 3 is 2.68 bits per heavy atom. The number of rotatable bonds is 5. The van der Waals surface area contributed by atoms with Crippen LogP contribution in [-0.4, -0.2) is 46.6 Å². The highest BCUT2D eigenvalue weighted by Crippen LogP contribution is 2.29. The first kappa shape index (κ1) is 22.8. The maximum absolute atomic E-state index is 11.2. The third-order valence-corrected chi connectivity index (χ3v) is 6.50. The highest BCUT2D eigenvalue weighted by Gasteiger charge is 2.24. The topological polar surface area (TPSA) is 101 Å². The molecule has 3 aromatic rings. The Hall–Kier alpha value is -2.87. The number of aromatic nitrogens is 2. The molecule has 0 radical (unpaired) electrons. The van der Waals surface area contributed by atoms with E-state index in [-0.39, 0.29) is 12.0 Å². The molecule has 1 aromatic carbocycles. The molecule has 8 heteroatoms. The van der Waals surface area contributed by atoms with E-state index in [0.717, 1.165) is 43.6 Å². The molecule has 1 aliphatic rings. The van der Waals surface area contributed by atoms with Crippen LogP contribution in [-0.2, 0) is 16.0 Å². The number of nitrogens with zero attached hydrogens (tertiary/aromatic N) is 2. The number of amides is 2. The van der Waals surface area contributed by atoms with Crippen LogP contribution in [0, 0.1) is 6.92 Å². The van der Waals surface area contributed by atoms with E-state index in [9.17, 15) is 9.59 Å². The minimum absolute atomic E-state index is 0.132. The van der Waals surface area contributed by atoms with Crippen LogP contribution in [0.3, 0.4) is 0 Å². The maximum atomic E-state index is 11.2. The highest BCUT2D eigenvalue weighted by atomic mass is 32.1. The fourth-order valence-electron chi connectivity index (χ4n) is 3.71. The van der Waals surface area contributed by atoms with Crippen molar-refractivity contribution in [1.29, 1.82) is 0 Å². The summed E-state index contributed by atoms with van der Waals surface area (Å²) in [6.07, 6.45) is 5.09. The molecule has 2 aromatic heterocycles. The average molecular weight is 443 g/mol. The molecule has 7 nitrogen and oxygen atoms in total. The summed E-state index contributed by atoms with van der Waals surface area (Å²) >= 11 is 1.72. The van der Waals surface area contributed by atoms with Gasteiger partial charge in [-0.25, -0.2) is 9.78 Å². The molecule has 3 N–H and O–H groups in total. The van der Waals surface area contributed by atoms with Gasteiger partial charge in [-0.15, -0.1) is 11.3 Å². The van der Waals surface area contributed by atoms with Crippen molar-refractivity contribution in [1.82, 2.24) is 14.9 Å². The van der Waals surface area contributed by atoms with Crippen LogP contribution < -0.4 is 5.73 Å². The lowest BCUT2D eigenvalue weighted by molar-refractivity contribution is -0.143. The van der Waals surface area contributed by atoms with E-state index < -0.39 is 0 Å². The predicted molar refractivity (Wildman–Crippen MR) is 123 cm³/mol. The highest BCUT2D eigenvalue weighted by molar-refractivity contribution is 7.09. The van der Waals surface area contributed by atoms with Gasteiger partial charge in [0.25, 0.3) is 0 Å². The molecule has 0 spiro atoms. The quantitative estimate of drug-likeness (QED) is 0.573. The van der Waals surface area contributed by atoms with Gasteiger partial charge in [-0.3, -0.25) is 4.79 Å². The van der Waals surface area contributed by atoms with E-state index in [2.05, 4.69) is 21.4 Å². The summed E-state index contributed by atoms with van der Waals surface area (Å²) in [6.45, 7) is 5.81. The number of benzene rings is 1. The lowest BCUT2D eigenvalue weighted by atomic mass is 9.98. The third kappa shape index (κ3) is 6.30. The number of thiazole rings is 1. The predicted octanol–water partition coefficient (Wildman–Crippen LogP) is 4.37. The standard InChI is InChI=1S/C13H15NO2.C10H15N3OS/c1-2-16-13(15)8-7-10-9-14-12-6-4-3-5-11(10)12;1-7-6-15-9(12-7)8-2-4-13(5-3-8)10(11)14/h3-6,9,14H,2,7-8H2,1H3;6,8H,2-5H2,1H3,(H2,11,14). The number of hydrogen-bond acceptors (Lipinski definition) is 5. The van der Waals surface area contributed by atoms with Crippen molar-refractivity contribution >= 4 is 34.2 Å². The lowest BCUT2D eigenvalue weighted by Crippen LogP contribution is -2.41. The summed E-state index contributed by atoms with van der Waals surface area (Å²) < 4.78 is 4.90. The van der Waals surface area contributed by atoms with Gasteiger partial charge in [0.15, 0.2) is 0 Å². The van der Waals surface area contributed by atoms with Gasteiger partial charge in [-0.2, -0.15) is 0 Å². The van der Waals surface area contributed by atoms with Crippen LogP contribution in [0.2, 0.25) is 0 Å². The van der Waals surface area contributed by atoms with Crippen LogP contribution >= 0.6 is 11.3 Å². The van der Waals surface area contributed by atoms with E-state index in [1.54, 1.807) is 16.2 Å². The zero-order valence-electron chi connectivity index (χ0n) is 18.1. The normalized spacial score (nSPS) is 14.2. The number of para-hydroxylation sites is 1. The Kier molecular flexibility index (Phi) is 8.06. The molecule has 166 valence electrons. The number of fused-ring (bicyclic) bond motifs is 1. The van der Waals surface area contributed by atoms with Gasteiger partial charge >= 0.3 is 12.0 Å². The van der Waals surface area contributed by atoms with Gasteiger partial charge in [-0.1, -0.05) is 18.2 Å². The van der Waals surface area contributed by atoms with Gasteiger partial charge in [0.05, 0.1) is 11.6 Å². The number of primary amides is 1. The zero-order valence-corrected chi connectivity index (χ0v) is 18.9. The van der Waals surface area contributed by atoms with Crippen molar-refractivity contribution in [2.24, 2.45) is 5.73 Å². The van der Waals surface area contributed by atoms with Crippen LogP contribution in [0.5, 0.6) is 0 Å². The van der Waals surface area contributed by atoms with E-state index in [1.807, 2.05) is 38.2 Å². The molecule has 1 fully saturated rings. The van der Waals surface area contributed by atoms with Crippen LogP contribution in [0.15, 0.2) is 35.8 Å². The number of aryl methyl sites for hydroxylation is 2. The van der Waals surface area contributed by atoms with E-state index in [4.69, 9.17) is 10.5 Å². The van der Waals surface area contributed by atoms with Crippen LogP contribution in [0.25, 0.3) is 10.9 Å². The molecule has 0 aliphatic carbocycles. The molecule has 31 heavy (non-hydrogen) atoms. The number of nitrogens with two attached hydrogens (primary N) is 1. The Bertz CT molecular complexity index is 1010. The summed E-state index contributed by atoms with van der Waals surface area (Å²) in [5.41, 5.74) is 8.60. The number of H-pyrrole nitrogens is 1. The smallest absolute Gasteiger partial charge is 0.314 e. The minimum Gasteiger partial charge on any atom is -0.466 e. The van der Waals surface area contributed by atoms with Crippen LogP contribution in [0.4, 0.5) is 4.79 Å². The summed E-state index contributed by atoms with van der Waals surface area (Å²) in [7, 11) is 0. The maximum Gasteiger partial charge on any atom is 0.314 e. The first-order chi connectivity index (χ1) is 15.0. The zero-order chi connectivity index (χ0) is 22.2. The molecule has 0 saturated carbocycles. The molecule has 3 heterocycles. The average Bonchev–Trinajstić information content (AvgIpc) is 3.39. The number of piperidine rings is 1. The first-order valence-corrected chi connectivity index (χ1v) is 11.5. The van der Waals surface area contributed by atoms with E-state index in [0.29, 0.717) is 18.9 Å². The van der Waals surface area contributed by atoms with Gasteiger partial charge in [0.2, 0.25) is 0 Å². The van der Waals surface area contributed by atoms with E-state index in [1.165, 1.54) is 16.0 Å². The second-order valence-electron chi connectivity index (χ2n) is 7.59. The fraction of sp³-hybridized carbons (Fsp3) is 0.435. The number of carbonyl (C=O) groups excluding carboxylic acids is 2. The summed E-state index contributed by atoms with van der Waals surface area (Å²) in [5, 5.41) is 4.47. The number of aromatic amines is 1. The molecule has 0 bridgehead atoms. The molecular weight excluding hydrogens is 412 g/mol. The second kappa shape index (κ2) is 10.9. The number of nitrogens with one attached hydrogen (secondary N) is 1. The number of hydrogen-bond donors (Lipinski definition) is 2. The van der Waals surface area contributed by atoms with Gasteiger partial charge in [0, 0.05) is 53.6 Å². The van der Waals surface area contributed by atoms with Crippen LogP contribution in [0.1, 0.15) is 48.4 Å². The molecule has 0 atom stereocenters. The Labute approximate surface area is 186 Å². The molecular formula is C23H30N4O3S. The van der Waals surface area contributed by atoms with Crippen molar-refractivity contribution in [3.8, 4) is 0 Å². The monoisotopic (exact) mass is 442 g/mol. The minimum atomic E-state index is -0.302. The summed E-state index contributed by atoms with van der Waals surface area (Å²) in [5.74, 6) is 0.382. The SMILES string of the molecule is CCOC(=O)CCc1c[nH]c2ccccc12.Cc1csc(C2CCN(C(N)=O)CC2)n1. The van der Waals surface area contributed by atoms with E-state index >= 15 is 0 Å².